The molecule has 178 valence electrons. The molecule has 0 aliphatic carbocycles. The molecular weight excluding hydrogens is 450 g/mol. The zero-order chi connectivity index (χ0) is 23.0. The molecule has 5 N–H and O–H groups in total. The van der Waals surface area contributed by atoms with Crippen LogP contribution in [-0.2, 0) is 5.54 Å². The zero-order valence-corrected chi connectivity index (χ0v) is 20.3. The highest BCUT2D eigenvalue weighted by Crippen LogP contribution is 2.31. The second-order valence-electron chi connectivity index (χ2n) is 8.48. The van der Waals surface area contributed by atoms with Crippen LogP contribution in [0.15, 0.2) is 55.1 Å². The number of anilines is 1. The summed E-state index contributed by atoms with van der Waals surface area (Å²) >= 11 is 6.24. The van der Waals surface area contributed by atoms with E-state index in [1.54, 1.807) is 6.20 Å². The van der Waals surface area contributed by atoms with E-state index in [4.69, 9.17) is 27.3 Å². The minimum Gasteiger partial charge on any atom is -0.351 e. The molecule has 0 radical (unpaired) electrons. The minimum absolute atomic E-state index is 0. The second kappa shape index (κ2) is 9.63. The van der Waals surface area contributed by atoms with Gasteiger partial charge in [-0.15, -0.1) is 0 Å². The predicted molar refractivity (Wildman–Crippen MR) is 135 cm³/mol. The number of hydrogen-bond acceptors (Lipinski definition) is 8. The van der Waals surface area contributed by atoms with Crippen LogP contribution in [0, 0.1) is 0 Å². The molecule has 4 aromatic rings. The maximum Gasteiger partial charge on any atom is 0.180 e. The molecule has 10 heteroatoms. The van der Waals surface area contributed by atoms with Crippen molar-refractivity contribution >= 4 is 23.1 Å². The van der Waals surface area contributed by atoms with E-state index in [1.165, 1.54) is 0 Å². The van der Waals surface area contributed by atoms with E-state index in [1.807, 2.05) is 60.2 Å². The van der Waals surface area contributed by atoms with Crippen molar-refractivity contribution < 1.29 is 0 Å². The number of piperazine rings is 1. The normalized spacial score (nSPS) is 16.3. The minimum atomic E-state index is -0.853. The molecule has 34 heavy (non-hydrogen) atoms. The summed E-state index contributed by atoms with van der Waals surface area (Å²) in [6.45, 7) is 5.89. The summed E-state index contributed by atoms with van der Waals surface area (Å²) in [5.41, 5.74) is 9.33. The summed E-state index contributed by atoms with van der Waals surface area (Å²) in [7, 11) is 2.14. The van der Waals surface area contributed by atoms with E-state index in [-0.39, 0.29) is 6.15 Å². The molecule has 4 heterocycles. The van der Waals surface area contributed by atoms with Crippen LogP contribution in [0.2, 0.25) is 5.02 Å². The third kappa shape index (κ3) is 4.23. The molecule has 1 fully saturated rings. The smallest absolute Gasteiger partial charge is 0.180 e. The fourth-order valence-corrected chi connectivity index (χ4v) is 4.50. The molecule has 0 spiro atoms. The highest BCUT2D eigenvalue weighted by molar-refractivity contribution is 6.30. The van der Waals surface area contributed by atoms with Crippen molar-refractivity contribution in [2.75, 3.05) is 38.1 Å². The van der Waals surface area contributed by atoms with Crippen LogP contribution in [0.1, 0.15) is 24.7 Å². The fourth-order valence-electron chi connectivity index (χ4n) is 4.31. The van der Waals surface area contributed by atoms with Gasteiger partial charge in [-0.25, -0.2) is 19.9 Å². The molecule has 1 unspecified atom stereocenters. The van der Waals surface area contributed by atoms with Crippen LogP contribution in [0.4, 0.5) is 5.82 Å². The topological polar surface area (TPSA) is 123 Å². The molecule has 0 bridgehead atoms. The van der Waals surface area contributed by atoms with Gasteiger partial charge in [0.05, 0.1) is 17.6 Å². The number of benzene rings is 1. The van der Waals surface area contributed by atoms with Gasteiger partial charge in [0.15, 0.2) is 17.3 Å². The Hall–Kier alpha value is -3.11. The number of aromatic nitrogens is 5. The molecule has 5 rings (SSSR count). The van der Waals surface area contributed by atoms with Crippen molar-refractivity contribution in [3.05, 3.63) is 71.5 Å². The van der Waals surface area contributed by atoms with Crippen LogP contribution < -0.4 is 16.8 Å². The van der Waals surface area contributed by atoms with E-state index in [0.29, 0.717) is 17.3 Å². The predicted octanol–water partition coefficient (Wildman–Crippen LogP) is 3.37. The Morgan fingerprint density at radius 3 is 2.59 bits per heavy atom. The van der Waals surface area contributed by atoms with Crippen LogP contribution in [-0.4, -0.2) is 62.5 Å². The number of fused-ring (bicyclic) bond motifs is 1. The molecule has 0 amide bonds. The molecule has 1 aromatic carbocycles. The lowest BCUT2D eigenvalue weighted by atomic mass is 9.87. The molecule has 3 aromatic heterocycles. The van der Waals surface area contributed by atoms with Crippen LogP contribution in [0.25, 0.3) is 17.0 Å². The fraction of sp³-hybridized carbons (Fsp3) is 0.333. The average Bonchev–Trinajstić information content (AvgIpc) is 3.28. The first-order valence-corrected chi connectivity index (χ1v) is 11.5. The van der Waals surface area contributed by atoms with E-state index in [9.17, 15) is 0 Å². The van der Waals surface area contributed by atoms with E-state index < -0.39 is 5.54 Å². The SMILES string of the molecule is CCC(N)(c1cccc(Cl)c1)c1nccc(-c2cnc3c(N4CCN(C)CC4)nccn23)n1.N. The Labute approximate surface area is 204 Å². The van der Waals surface area contributed by atoms with Crippen molar-refractivity contribution in [2.45, 2.75) is 18.9 Å². The van der Waals surface area contributed by atoms with Gasteiger partial charge in [-0.2, -0.15) is 0 Å². The van der Waals surface area contributed by atoms with Gasteiger partial charge in [-0.3, -0.25) is 4.40 Å². The lowest BCUT2D eigenvalue weighted by Crippen LogP contribution is -2.45. The zero-order valence-electron chi connectivity index (χ0n) is 19.5. The van der Waals surface area contributed by atoms with Crippen LogP contribution in [0.5, 0.6) is 0 Å². The van der Waals surface area contributed by atoms with E-state index >= 15 is 0 Å². The van der Waals surface area contributed by atoms with Gasteiger partial charge in [0.25, 0.3) is 0 Å². The molecule has 1 aliphatic rings. The van der Waals surface area contributed by atoms with Gasteiger partial charge in [-0.05, 0) is 37.2 Å². The van der Waals surface area contributed by atoms with Crippen molar-refractivity contribution in [2.24, 2.45) is 5.73 Å². The summed E-state index contributed by atoms with van der Waals surface area (Å²) in [6.07, 6.45) is 7.96. The van der Waals surface area contributed by atoms with Gasteiger partial charge in [0.1, 0.15) is 5.54 Å². The van der Waals surface area contributed by atoms with Crippen molar-refractivity contribution in [3.63, 3.8) is 0 Å². The number of nitrogens with zero attached hydrogens (tertiary/aromatic N) is 7. The standard InChI is InChI=1S/C24H27ClN8.H3N/c1-3-24(26,17-5-4-6-18(25)15-17)23-28-8-7-19(30-23)20-16-29-22-21(27-9-10-33(20)22)32-13-11-31(2)12-14-32;/h4-10,15-16H,3,11-14,26H2,1-2H3;1H3. The molecule has 1 saturated heterocycles. The first-order chi connectivity index (χ1) is 16.0. The average molecular weight is 480 g/mol. The van der Waals surface area contributed by atoms with E-state index in [2.05, 4.69) is 26.8 Å². The van der Waals surface area contributed by atoms with Gasteiger partial charge in [-0.1, -0.05) is 30.7 Å². The Morgan fingerprint density at radius 2 is 1.85 bits per heavy atom. The van der Waals surface area contributed by atoms with Crippen molar-refractivity contribution in [3.8, 4) is 11.4 Å². The molecule has 1 aliphatic heterocycles. The first kappa shape index (κ1) is 24.0. The monoisotopic (exact) mass is 479 g/mol. The summed E-state index contributed by atoms with van der Waals surface area (Å²) in [5.74, 6) is 1.44. The lowest BCUT2D eigenvalue weighted by Gasteiger charge is -2.33. The number of imidazole rings is 1. The van der Waals surface area contributed by atoms with E-state index in [0.717, 1.165) is 54.6 Å². The number of halogens is 1. The summed E-state index contributed by atoms with van der Waals surface area (Å²) in [5, 5.41) is 0.637. The van der Waals surface area contributed by atoms with Crippen LogP contribution >= 0.6 is 11.6 Å². The van der Waals surface area contributed by atoms with Gasteiger partial charge >= 0.3 is 0 Å². The number of hydrogen-bond donors (Lipinski definition) is 2. The van der Waals surface area contributed by atoms with Gasteiger partial charge < -0.3 is 21.7 Å². The number of nitrogens with two attached hydrogens (primary N) is 1. The molecule has 0 saturated carbocycles. The van der Waals surface area contributed by atoms with Crippen LogP contribution in [0.3, 0.4) is 0 Å². The van der Waals surface area contributed by atoms with Gasteiger partial charge in [0.2, 0.25) is 0 Å². The molecule has 9 nitrogen and oxygen atoms in total. The number of likely N-dealkylation sites (N-methyl/N-ethyl adjacent to an activating group) is 1. The summed E-state index contributed by atoms with van der Waals surface area (Å²) in [6, 6.07) is 9.47. The summed E-state index contributed by atoms with van der Waals surface area (Å²) in [4.78, 5) is 23.4. The highest BCUT2D eigenvalue weighted by atomic mass is 35.5. The largest absolute Gasteiger partial charge is 0.351 e. The first-order valence-electron chi connectivity index (χ1n) is 11.1. The molecular formula is C24H30ClN9. The lowest BCUT2D eigenvalue weighted by molar-refractivity contribution is 0.312. The Kier molecular flexibility index (Phi) is 6.81. The maximum absolute atomic E-state index is 6.85. The Balaban J connectivity index is 0.00000274. The maximum atomic E-state index is 6.85. The van der Waals surface area contributed by atoms with Gasteiger partial charge in [0, 0.05) is 49.8 Å². The van der Waals surface area contributed by atoms with Crippen molar-refractivity contribution in [1.82, 2.24) is 35.4 Å². The molecule has 1 atom stereocenters. The Morgan fingerprint density at radius 1 is 1.06 bits per heavy atom. The third-order valence-corrected chi connectivity index (χ3v) is 6.66. The third-order valence-electron chi connectivity index (χ3n) is 6.43. The second-order valence-corrected chi connectivity index (χ2v) is 8.92. The summed E-state index contributed by atoms with van der Waals surface area (Å²) < 4.78 is 2.04. The number of rotatable bonds is 5. The van der Waals surface area contributed by atoms with Crippen molar-refractivity contribution in [1.29, 1.82) is 0 Å². The Bertz CT molecular complexity index is 1280. The highest BCUT2D eigenvalue weighted by Gasteiger charge is 2.31. The quantitative estimate of drug-likeness (QED) is 0.446.